The molecule has 1 aromatic heterocycles. The first-order chi connectivity index (χ1) is 11.7. The number of fused-ring (bicyclic) bond motifs is 1. The Labute approximate surface area is 146 Å². The van der Waals surface area contributed by atoms with Gasteiger partial charge in [-0.3, -0.25) is 14.3 Å². The number of carbonyl (C=O) groups is 2. The molecule has 0 spiro atoms. The molecule has 25 heavy (non-hydrogen) atoms. The summed E-state index contributed by atoms with van der Waals surface area (Å²) >= 11 is 0. The van der Waals surface area contributed by atoms with Gasteiger partial charge >= 0.3 is 0 Å². The molecule has 1 aromatic carbocycles. The Balaban J connectivity index is 1.82. The van der Waals surface area contributed by atoms with Gasteiger partial charge in [-0.25, -0.2) is 0 Å². The molecule has 0 bridgehead atoms. The third kappa shape index (κ3) is 3.22. The third-order valence-corrected chi connectivity index (χ3v) is 4.06. The number of anilines is 2. The van der Waals surface area contributed by atoms with E-state index < -0.39 is 6.10 Å². The Kier molecular flexibility index (Phi) is 4.02. The van der Waals surface area contributed by atoms with Crippen molar-refractivity contribution in [1.29, 1.82) is 0 Å². The van der Waals surface area contributed by atoms with E-state index in [0.717, 1.165) is 5.69 Å². The summed E-state index contributed by atoms with van der Waals surface area (Å²) in [6.07, 6.45) is 1.04. The molecule has 2 heterocycles. The average molecular weight is 342 g/mol. The van der Waals surface area contributed by atoms with Crippen LogP contribution in [-0.2, 0) is 10.3 Å². The summed E-state index contributed by atoms with van der Waals surface area (Å²) in [6.45, 7) is 9.64. The van der Waals surface area contributed by atoms with Gasteiger partial charge in [-0.2, -0.15) is 5.10 Å². The van der Waals surface area contributed by atoms with Gasteiger partial charge in [-0.05, 0) is 52.8 Å². The molecule has 0 fully saturated rings. The quantitative estimate of drug-likeness (QED) is 0.879. The highest BCUT2D eigenvalue weighted by molar-refractivity contribution is 6.06. The number of hydrogen-bond acceptors (Lipinski definition) is 4. The zero-order chi connectivity index (χ0) is 18.4. The van der Waals surface area contributed by atoms with Crippen LogP contribution in [0, 0.1) is 6.92 Å². The van der Waals surface area contributed by atoms with Crippen molar-refractivity contribution in [2.24, 2.45) is 0 Å². The maximum atomic E-state index is 12.6. The van der Waals surface area contributed by atoms with Gasteiger partial charge in [0.1, 0.15) is 5.75 Å². The summed E-state index contributed by atoms with van der Waals surface area (Å²) in [7, 11) is 0. The topological polar surface area (TPSA) is 85.2 Å². The van der Waals surface area contributed by atoms with Crippen LogP contribution < -0.4 is 15.4 Å². The summed E-state index contributed by atoms with van der Waals surface area (Å²) < 4.78 is 7.33. The first-order valence-electron chi connectivity index (χ1n) is 8.15. The lowest BCUT2D eigenvalue weighted by atomic mass is 10.1. The Morgan fingerprint density at radius 3 is 2.72 bits per heavy atom. The zero-order valence-corrected chi connectivity index (χ0v) is 15.0. The molecular weight excluding hydrogens is 320 g/mol. The van der Waals surface area contributed by atoms with Gasteiger partial charge < -0.3 is 15.4 Å². The molecule has 2 amide bonds. The monoisotopic (exact) mass is 342 g/mol. The van der Waals surface area contributed by atoms with Gasteiger partial charge in [-0.15, -0.1) is 0 Å². The second-order valence-electron chi connectivity index (χ2n) is 7.14. The molecule has 0 aliphatic carbocycles. The van der Waals surface area contributed by atoms with Crippen LogP contribution in [0.15, 0.2) is 24.4 Å². The Morgan fingerprint density at radius 1 is 1.36 bits per heavy atom. The number of carbonyl (C=O) groups excluding carboxylic acids is 2. The summed E-state index contributed by atoms with van der Waals surface area (Å²) in [6, 6.07) is 5.15. The standard InChI is InChI=1S/C18H22N4O3/c1-10-13(9-19-22(10)18(3,4)5)17(24)20-12-6-7-15-14(8-12)21-16(23)11(2)25-15/h6-9,11H,1-5H3,(H,20,24)(H,21,23)/t11-/m0/s1. The van der Waals surface area contributed by atoms with Gasteiger partial charge in [0.15, 0.2) is 6.10 Å². The molecule has 2 N–H and O–H groups in total. The van der Waals surface area contributed by atoms with Gasteiger partial charge in [0, 0.05) is 11.4 Å². The number of rotatable bonds is 2. The molecule has 0 radical (unpaired) electrons. The molecule has 1 aliphatic heterocycles. The minimum absolute atomic E-state index is 0.202. The minimum atomic E-state index is -0.529. The molecule has 0 saturated heterocycles. The van der Waals surface area contributed by atoms with E-state index in [9.17, 15) is 9.59 Å². The molecule has 7 heteroatoms. The van der Waals surface area contributed by atoms with E-state index in [4.69, 9.17) is 4.74 Å². The van der Waals surface area contributed by atoms with Crippen molar-refractivity contribution >= 4 is 23.2 Å². The van der Waals surface area contributed by atoms with Crippen molar-refractivity contribution < 1.29 is 14.3 Å². The fourth-order valence-electron chi connectivity index (χ4n) is 2.79. The van der Waals surface area contributed by atoms with Crippen LogP contribution in [0.1, 0.15) is 43.7 Å². The average Bonchev–Trinajstić information content (AvgIpc) is 2.90. The van der Waals surface area contributed by atoms with Crippen molar-refractivity contribution in [2.45, 2.75) is 46.3 Å². The predicted molar refractivity (Wildman–Crippen MR) is 95.1 cm³/mol. The van der Waals surface area contributed by atoms with Crippen LogP contribution >= 0.6 is 0 Å². The van der Waals surface area contributed by atoms with Crippen molar-refractivity contribution in [3.63, 3.8) is 0 Å². The predicted octanol–water partition coefficient (Wildman–Crippen LogP) is 2.92. The lowest BCUT2D eigenvalue weighted by molar-refractivity contribution is -0.122. The molecule has 0 saturated carbocycles. The first-order valence-corrected chi connectivity index (χ1v) is 8.15. The Bertz CT molecular complexity index is 848. The maximum Gasteiger partial charge on any atom is 0.265 e. The fraction of sp³-hybridized carbons (Fsp3) is 0.389. The highest BCUT2D eigenvalue weighted by atomic mass is 16.5. The fourth-order valence-corrected chi connectivity index (χ4v) is 2.79. The van der Waals surface area contributed by atoms with Gasteiger partial charge in [0.2, 0.25) is 0 Å². The number of ether oxygens (including phenoxy) is 1. The smallest absolute Gasteiger partial charge is 0.265 e. The van der Waals surface area contributed by atoms with Crippen molar-refractivity contribution in [3.05, 3.63) is 35.7 Å². The summed E-state index contributed by atoms with van der Waals surface area (Å²) in [5.74, 6) is 0.129. The Morgan fingerprint density at radius 2 is 2.08 bits per heavy atom. The molecule has 2 aromatic rings. The number of amides is 2. The second kappa shape index (κ2) is 5.91. The second-order valence-corrected chi connectivity index (χ2v) is 7.14. The van der Waals surface area contributed by atoms with E-state index in [0.29, 0.717) is 22.7 Å². The van der Waals surface area contributed by atoms with E-state index in [1.165, 1.54) is 0 Å². The number of nitrogens with one attached hydrogen (secondary N) is 2. The Hall–Kier alpha value is -2.83. The number of aromatic nitrogens is 2. The van der Waals surface area contributed by atoms with E-state index in [2.05, 4.69) is 15.7 Å². The molecule has 0 unspecified atom stereocenters. The van der Waals surface area contributed by atoms with E-state index in [1.807, 2.05) is 32.4 Å². The highest BCUT2D eigenvalue weighted by Crippen LogP contribution is 2.32. The normalized spacial score (nSPS) is 16.7. The van der Waals surface area contributed by atoms with Gasteiger partial charge in [-0.1, -0.05) is 0 Å². The van der Waals surface area contributed by atoms with Crippen molar-refractivity contribution in [3.8, 4) is 5.75 Å². The number of hydrogen-bond donors (Lipinski definition) is 2. The largest absolute Gasteiger partial charge is 0.479 e. The molecule has 7 nitrogen and oxygen atoms in total. The van der Waals surface area contributed by atoms with Crippen LogP contribution in [0.2, 0.25) is 0 Å². The van der Waals surface area contributed by atoms with E-state index >= 15 is 0 Å². The lowest BCUT2D eigenvalue weighted by Gasteiger charge is -2.23. The molecule has 132 valence electrons. The maximum absolute atomic E-state index is 12.6. The van der Waals surface area contributed by atoms with Crippen LogP contribution in [0.3, 0.4) is 0 Å². The summed E-state index contributed by atoms with van der Waals surface area (Å²) in [4.78, 5) is 24.3. The van der Waals surface area contributed by atoms with Crippen molar-refractivity contribution in [1.82, 2.24) is 9.78 Å². The van der Waals surface area contributed by atoms with E-state index in [1.54, 1.807) is 31.3 Å². The van der Waals surface area contributed by atoms with Crippen LogP contribution in [-0.4, -0.2) is 27.7 Å². The highest BCUT2D eigenvalue weighted by Gasteiger charge is 2.25. The zero-order valence-electron chi connectivity index (χ0n) is 15.0. The van der Waals surface area contributed by atoms with Gasteiger partial charge in [0.25, 0.3) is 11.8 Å². The van der Waals surface area contributed by atoms with Crippen molar-refractivity contribution in [2.75, 3.05) is 10.6 Å². The van der Waals surface area contributed by atoms with Crippen LogP contribution in [0.5, 0.6) is 5.75 Å². The van der Waals surface area contributed by atoms with Gasteiger partial charge in [0.05, 0.1) is 23.0 Å². The molecule has 1 aliphatic rings. The molecule has 1 atom stereocenters. The first kappa shape index (κ1) is 17.0. The summed E-state index contributed by atoms with van der Waals surface area (Å²) in [5, 5.41) is 9.92. The lowest BCUT2D eigenvalue weighted by Crippen LogP contribution is -2.34. The number of nitrogens with zero attached hydrogens (tertiary/aromatic N) is 2. The third-order valence-electron chi connectivity index (χ3n) is 4.06. The number of benzene rings is 1. The van der Waals surface area contributed by atoms with E-state index in [-0.39, 0.29) is 17.4 Å². The molecule has 3 rings (SSSR count). The van der Waals surface area contributed by atoms with Crippen LogP contribution in [0.4, 0.5) is 11.4 Å². The minimum Gasteiger partial charge on any atom is -0.479 e. The summed E-state index contributed by atoms with van der Waals surface area (Å²) in [5.41, 5.74) is 2.23. The SMILES string of the molecule is Cc1c(C(=O)Nc2ccc3c(c2)NC(=O)[C@H](C)O3)cnn1C(C)(C)C. The molecular formula is C18H22N4O3. The van der Waals surface area contributed by atoms with Crippen LogP contribution in [0.25, 0.3) is 0 Å².